The van der Waals surface area contributed by atoms with Gasteiger partial charge in [-0.05, 0) is 73.8 Å². The van der Waals surface area contributed by atoms with Crippen molar-refractivity contribution in [1.29, 1.82) is 0 Å². The zero-order chi connectivity index (χ0) is 22.2. The highest BCUT2D eigenvalue weighted by Gasteiger charge is 2.17. The Morgan fingerprint density at radius 2 is 2.00 bits per heavy atom. The molecule has 0 unspecified atom stereocenters. The molecule has 1 aliphatic rings. The lowest BCUT2D eigenvalue weighted by Gasteiger charge is -2.24. The van der Waals surface area contributed by atoms with Gasteiger partial charge in [-0.25, -0.2) is 9.97 Å². The number of hydrogen-bond acceptors (Lipinski definition) is 6. The maximum Gasteiger partial charge on any atom is 0.223 e. The van der Waals surface area contributed by atoms with Crippen LogP contribution in [-0.4, -0.2) is 52.7 Å². The van der Waals surface area contributed by atoms with Crippen molar-refractivity contribution in [3.8, 4) is 17.0 Å². The lowest BCUT2D eigenvalue weighted by Crippen LogP contribution is -2.30. The molecule has 1 saturated heterocycles. The summed E-state index contributed by atoms with van der Waals surface area (Å²) in [5, 5.41) is 16.4. The van der Waals surface area contributed by atoms with Gasteiger partial charge in [0, 0.05) is 31.4 Å². The fourth-order valence-corrected chi connectivity index (χ4v) is 4.26. The molecule has 2 heterocycles. The first kappa shape index (κ1) is 22.2. The predicted octanol–water partition coefficient (Wildman–Crippen LogP) is 3.94. The van der Waals surface area contributed by atoms with E-state index < -0.39 is 0 Å². The molecule has 0 amide bonds. The molecule has 6 heteroatoms. The van der Waals surface area contributed by atoms with Crippen LogP contribution in [0.5, 0.6) is 5.75 Å². The monoisotopic (exact) mass is 431 g/mol. The summed E-state index contributed by atoms with van der Waals surface area (Å²) in [6, 6.07) is 18.0. The van der Waals surface area contributed by atoms with Gasteiger partial charge in [0.15, 0.2) is 0 Å². The molecule has 0 spiro atoms. The summed E-state index contributed by atoms with van der Waals surface area (Å²) in [4.78, 5) is 11.6. The maximum absolute atomic E-state index is 9.60. The highest BCUT2D eigenvalue weighted by molar-refractivity contribution is 5.61. The van der Waals surface area contributed by atoms with E-state index in [0.29, 0.717) is 18.2 Å². The zero-order valence-electron chi connectivity index (χ0n) is 18.8. The highest BCUT2D eigenvalue weighted by atomic mass is 16.3. The minimum absolute atomic E-state index is 0.294. The van der Waals surface area contributed by atoms with Gasteiger partial charge < -0.3 is 15.7 Å². The van der Waals surface area contributed by atoms with E-state index in [-0.39, 0.29) is 0 Å². The van der Waals surface area contributed by atoms with Crippen molar-refractivity contribution < 1.29 is 5.11 Å². The van der Waals surface area contributed by atoms with E-state index in [1.54, 1.807) is 18.3 Å². The zero-order valence-corrected chi connectivity index (χ0v) is 18.8. The molecule has 1 aromatic heterocycles. The molecule has 0 radical (unpaired) electrons. The molecule has 0 bridgehead atoms. The average molecular weight is 432 g/mol. The first-order valence-corrected chi connectivity index (χ1v) is 11.6. The molecular formula is C26H33N5O. The third kappa shape index (κ3) is 6.28. The largest absolute Gasteiger partial charge is 0.508 e. The molecule has 0 saturated carbocycles. The Balaban J connectivity index is 1.37. The van der Waals surface area contributed by atoms with Crippen molar-refractivity contribution in [3.05, 3.63) is 71.9 Å². The van der Waals surface area contributed by atoms with Crippen molar-refractivity contribution in [2.75, 3.05) is 38.0 Å². The summed E-state index contributed by atoms with van der Waals surface area (Å²) in [6.45, 7) is 8.39. The second-order valence-electron chi connectivity index (χ2n) is 8.50. The molecule has 3 N–H and O–H groups in total. The predicted molar refractivity (Wildman–Crippen MR) is 130 cm³/mol. The molecule has 2 aromatic carbocycles. The van der Waals surface area contributed by atoms with Gasteiger partial charge in [0.25, 0.3) is 0 Å². The van der Waals surface area contributed by atoms with E-state index in [1.807, 2.05) is 18.2 Å². The normalized spacial score (nSPS) is 15.9. The van der Waals surface area contributed by atoms with Crippen LogP contribution in [-0.2, 0) is 13.0 Å². The number of aromatic nitrogens is 2. The molecule has 3 aromatic rings. The Morgan fingerprint density at radius 3 is 2.81 bits per heavy atom. The van der Waals surface area contributed by atoms with Gasteiger partial charge in [-0.15, -0.1) is 0 Å². The third-order valence-corrected chi connectivity index (χ3v) is 6.02. The quantitative estimate of drug-likeness (QED) is 0.452. The van der Waals surface area contributed by atoms with Crippen LogP contribution in [0, 0.1) is 5.92 Å². The Labute approximate surface area is 190 Å². The van der Waals surface area contributed by atoms with Gasteiger partial charge in [0.1, 0.15) is 5.75 Å². The van der Waals surface area contributed by atoms with Crippen LogP contribution in [0.4, 0.5) is 5.95 Å². The molecule has 4 rings (SSSR count). The second-order valence-corrected chi connectivity index (χ2v) is 8.50. The number of nitrogens with zero attached hydrogens (tertiary/aromatic N) is 3. The topological polar surface area (TPSA) is 73.3 Å². The lowest BCUT2D eigenvalue weighted by atomic mass is 10.1. The van der Waals surface area contributed by atoms with Gasteiger partial charge in [-0.3, -0.25) is 4.90 Å². The van der Waals surface area contributed by atoms with Crippen molar-refractivity contribution in [2.24, 2.45) is 5.92 Å². The molecule has 1 fully saturated rings. The molecule has 1 aliphatic heterocycles. The number of aromatic hydroxyl groups is 1. The fraction of sp³-hybridized carbons (Fsp3) is 0.385. The van der Waals surface area contributed by atoms with Crippen LogP contribution >= 0.6 is 0 Å². The van der Waals surface area contributed by atoms with E-state index in [4.69, 9.17) is 4.98 Å². The SMILES string of the molecule is CCN(Cc1cccc(-c2ccnc(NCCc3cccc(O)c3)n2)c1)C[C@@H]1CCNC1. The first-order chi connectivity index (χ1) is 15.7. The fourth-order valence-electron chi connectivity index (χ4n) is 4.26. The number of anilines is 1. The first-order valence-electron chi connectivity index (χ1n) is 11.6. The Morgan fingerprint density at radius 1 is 1.12 bits per heavy atom. The van der Waals surface area contributed by atoms with E-state index >= 15 is 0 Å². The molecule has 6 nitrogen and oxygen atoms in total. The van der Waals surface area contributed by atoms with E-state index in [1.165, 1.54) is 12.0 Å². The Hall–Kier alpha value is -2.96. The molecule has 168 valence electrons. The summed E-state index contributed by atoms with van der Waals surface area (Å²) >= 11 is 0. The van der Waals surface area contributed by atoms with Crippen molar-refractivity contribution in [3.63, 3.8) is 0 Å². The summed E-state index contributed by atoms with van der Waals surface area (Å²) in [5.41, 5.74) is 4.42. The smallest absolute Gasteiger partial charge is 0.223 e. The van der Waals surface area contributed by atoms with Gasteiger partial charge in [0.05, 0.1) is 5.69 Å². The van der Waals surface area contributed by atoms with Crippen molar-refractivity contribution >= 4 is 5.95 Å². The lowest BCUT2D eigenvalue weighted by molar-refractivity contribution is 0.240. The molecule has 1 atom stereocenters. The minimum Gasteiger partial charge on any atom is -0.508 e. The van der Waals surface area contributed by atoms with Gasteiger partial charge in [-0.1, -0.05) is 37.3 Å². The van der Waals surface area contributed by atoms with E-state index in [2.05, 4.69) is 51.7 Å². The molecule has 0 aliphatic carbocycles. The number of phenolic OH excluding ortho intramolecular Hbond substituents is 1. The standard InChI is InChI=1S/C26H33N5O/c1-2-31(19-22-9-12-27-17-22)18-21-6-3-7-23(15-21)25-11-14-29-26(30-25)28-13-10-20-5-4-8-24(32)16-20/h3-8,11,14-16,22,27,32H,2,9-10,12-13,17-19H2,1H3,(H,28,29,30)/t22-/m1/s1. The van der Waals surface area contributed by atoms with E-state index in [9.17, 15) is 5.11 Å². The summed E-state index contributed by atoms with van der Waals surface area (Å²) < 4.78 is 0. The average Bonchev–Trinajstić information content (AvgIpc) is 3.32. The third-order valence-electron chi connectivity index (χ3n) is 6.02. The molecular weight excluding hydrogens is 398 g/mol. The maximum atomic E-state index is 9.60. The van der Waals surface area contributed by atoms with Crippen LogP contribution in [0.3, 0.4) is 0 Å². The van der Waals surface area contributed by atoms with Gasteiger partial charge >= 0.3 is 0 Å². The summed E-state index contributed by atoms with van der Waals surface area (Å²) in [5.74, 6) is 1.67. The van der Waals surface area contributed by atoms with Gasteiger partial charge in [0.2, 0.25) is 5.95 Å². The Kier molecular flexibility index (Phi) is 7.69. The second kappa shape index (κ2) is 11.1. The minimum atomic E-state index is 0.294. The van der Waals surface area contributed by atoms with Gasteiger partial charge in [-0.2, -0.15) is 0 Å². The molecule has 32 heavy (non-hydrogen) atoms. The van der Waals surface area contributed by atoms with E-state index in [0.717, 1.165) is 61.9 Å². The van der Waals surface area contributed by atoms with Crippen LogP contribution in [0.25, 0.3) is 11.3 Å². The van der Waals surface area contributed by atoms with Crippen LogP contribution in [0.15, 0.2) is 60.8 Å². The Bertz CT molecular complexity index is 1000. The number of hydrogen-bond donors (Lipinski definition) is 3. The number of nitrogens with one attached hydrogen (secondary N) is 2. The summed E-state index contributed by atoms with van der Waals surface area (Å²) in [7, 11) is 0. The number of phenols is 1. The highest BCUT2D eigenvalue weighted by Crippen LogP contribution is 2.21. The number of benzene rings is 2. The van der Waals surface area contributed by atoms with Crippen molar-refractivity contribution in [1.82, 2.24) is 20.2 Å². The van der Waals surface area contributed by atoms with Crippen LogP contribution in [0.2, 0.25) is 0 Å². The van der Waals surface area contributed by atoms with Crippen molar-refractivity contribution in [2.45, 2.75) is 26.3 Å². The van der Waals surface area contributed by atoms with Crippen LogP contribution < -0.4 is 10.6 Å². The number of rotatable bonds is 10. The van der Waals surface area contributed by atoms with Crippen LogP contribution in [0.1, 0.15) is 24.5 Å². The summed E-state index contributed by atoms with van der Waals surface area (Å²) in [6.07, 6.45) is 3.87.